The van der Waals surface area contributed by atoms with Crippen molar-refractivity contribution in [3.05, 3.63) is 29.8 Å². The van der Waals surface area contributed by atoms with E-state index in [9.17, 15) is 5.11 Å². The number of rotatable bonds is 6. The van der Waals surface area contributed by atoms with Gasteiger partial charge in [0.05, 0.1) is 6.61 Å². The lowest BCUT2D eigenvalue weighted by Gasteiger charge is -2.24. The van der Waals surface area contributed by atoms with E-state index in [1.165, 1.54) is 18.4 Å². The first-order valence-corrected chi connectivity index (χ1v) is 7.33. The molecule has 1 aromatic rings. The number of phenolic OH excluding ortho intramolecular Hbond substituents is 1. The molecule has 106 valence electrons. The van der Waals surface area contributed by atoms with Crippen molar-refractivity contribution in [1.82, 2.24) is 5.32 Å². The molecule has 2 rings (SSSR count). The predicted molar refractivity (Wildman–Crippen MR) is 77.4 cm³/mol. The Balaban J connectivity index is 1.63. The molecule has 1 heterocycles. The third-order valence-corrected chi connectivity index (χ3v) is 3.81. The second-order valence-electron chi connectivity index (χ2n) is 5.60. The van der Waals surface area contributed by atoms with Crippen LogP contribution in [0, 0.1) is 5.92 Å². The van der Waals surface area contributed by atoms with Gasteiger partial charge in [-0.2, -0.15) is 0 Å². The van der Waals surface area contributed by atoms with Crippen molar-refractivity contribution in [2.24, 2.45) is 5.92 Å². The maximum absolute atomic E-state index is 9.24. The molecular weight excluding hydrogens is 238 g/mol. The molecule has 19 heavy (non-hydrogen) atoms. The summed E-state index contributed by atoms with van der Waals surface area (Å²) in [6.45, 7) is 5.16. The second kappa shape index (κ2) is 7.51. The molecule has 1 aliphatic rings. The first-order chi connectivity index (χ1) is 9.24. The van der Waals surface area contributed by atoms with E-state index in [0.29, 0.717) is 17.7 Å². The highest BCUT2D eigenvalue weighted by Gasteiger charge is 2.14. The van der Waals surface area contributed by atoms with Crippen LogP contribution >= 0.6 is 0 Å². The van der Waals surface area contributed by atoms with Crippen molar-refractivity contribution in [2.75, 3.05) is 19.8 Å². The number of benzene rings is 1. The third-order valence-electron chi connectivity index (χ3n) is 3.81. The number of ether oxygens (including phenoxy) is 1. The monoisotopic (exact) mass is 263 g/mol. The van der Waals surface area contributed by atoms with Crippen LogP contribution in [0.15, 0.2) is 24.3 Å². The van der Waals surface area contributed by atoms with Gasteiger partial charge in [0, 0.05) is 19.2 Å². The molecule has 1 aliphatic heterocycles. The van der Waals surface area contributed by atoms with Crippen LogP contribution in [0.3, 0.4) is 0 Å². The van der Waals surface area contributed by atoms with Crippen molar-refractivity contribution in [1.29, 1.82) is 0 Å². The Labute approximate surface area is 116 Å². The van der Waals surface area contributed by atoms with Gasteiger partial charge in [0.15, 0.2) is 0 Å². The number of phenols is 1. The van der Waals surface area contributed by atoms with Gasteiger partial charge in [-0.25, -0.2) is 0 Å². The van der Waals surface area contributed by atoms with Crippen LogP contribution in [0.25, 0.3) is 0 Å². The minimum atomic E-state index is 0.340. The van der Waals surface area contributed by atoms with Crippen LogP contribution in [0.1, 0.15) is 31.7 Å². The summed E-state index contributed by atoms with van der Waals surface area (Å²) in [7, 11) is 0. The molecule has 1 saturated heterocycles. The smallest absolute Gasteiger partial charge is 0.115 e. The highest BCUT2D eigenvalue weighted by molar-refractivity contribution is 5.25. The molecule has 0 radical (unpaired) electrons. The molecule has 3 heteroatoms. The van der Waals surface area contributed by atoms with E-state index in [2.05, 4.69) is 12.2 Å². The lowest BCUT2D eigenvalue weighted by molar-refractivity contribution is 0.0539. The zero-order valence-corrected chi connectivity index (χ0v) is 11.8. The van der Waals surface area contributed by atoms with E-state index < -0.39 is 0 Å². The Morgan fingerprint density at radius 1 is 1.37 bits per heavy atom. The maximum atomic E-state index is 9.24. The summed E-state index contributed by atoms with van der Waals surface area (Å²) in [4.78, 5) is 0. The van der Waals surface area contributed by atoms with Gasteiger partial charge in [-0.05, 0) is 56.2 Å². The van der Waals surface area contributed by atoms with Gasteiger partial charge in [-0.15, -0.1) is 0 Å². The van der Waals surface area contributed by atoms with E-state index >= 15 is 0 Å². The Kier molecular flexibility index (Phi) is 5.67. The zero-order chi connectivity index (χ0) is 13.5. The van der Waals surface area contributed by atoms with Gasteiger partial charge < -0.3 is 15.2 Å². The highest BCUT2D eigenvalue weighted by atomic mass is 16.5. The van der Waals surface area contributed by atoms with E-state index in [0.717, 1.165) is 32.6 Å². The van der Waals surface area contributed by atoms with Crippen molar-refractivity contribution >= 4 is 0 Å². The summed E-state index contributed by atoms with van der Waals surface area (Å²) in [5, 5.41) is 12.8. The van der Waals surface area contributed by atoms with Crippen LogP contribution in [0.4, 0.5) is 0 Å². The SMILES string of the molecule is CC(CCc1ccc(O)cc1)NCC1CCCOC1. The van der Waals surface area contributed by atoms with Crippen molar-refractivity contribution in [2.45, 2.75) is 38.6 Å². The summed E-state index contributed by atoms with van der Waals surface area (Å²) in [6.07, 6.45) is 4.67. The highest BCUT2D eigenvalue weighted by Crippen LogP contribution is 2.14. The molecule has 2 atom stereocenters. The fraction of sp³-hybridized carbons (Fsp3) is 0.625. The van der Waals surface area contributed by atoms with Crippen LogP contribution in [-0.2, 0) is 11.2 Å². The number of nitrogens with one attached hydrogen (secondary N) is 1. The van der Waals surface area contributed by atoms with Crippen molar-refractivity contribution < 1.29 is 9.84 Å². The van der Waals surface area contributed by atoms with Crippen LogP contribution in [0.2, 0.25) is 0 Å². The van der Waals surface area contributed by atoms with Gasteiger partial charge in [0.25, 0.3) is 0 Å². The molecule has 0 amide bonds. The average Bonchev–Trinajstić information content (AvgIpc) is 2.45. The van der Waals surface area contributed by atoms with Crippen molar-refractivity contribution in [3.8, 4) is 5.75 Å². The van der Waals surface area contributed by atoms with Crippen LogP contribution < -0.4 is 5.32 Å². The Bertz CT molecular complexity index is 358. The Morgan fingerprint density at radius 2 is 2.16 bits per heavy atom. The summed E-state index contributed by atoms with van der Waals surface area (Å²) in [6, 6.07) is 8.03. The molecule has 2 unspecified atom stereocenters. The summed E-state index contributed by atoms with van der Waals surface area (Å²) < 4.78 is 5.49. The van der Waals surface area contributed by atoms with Crippen molar-refractivity contribution in [3.63, 3.8) is 0 Å². The topological polar surface area (TPSA) is 41.5 Å². The summed E-state index contributed by atoms with van der Waals surface area (Å²) in [5.74, 6) is 1.03. The van der Waals surface area contributed by atoms with Gasteiger partial charge >= 0.3 is 0 Å². The molecule has 2 N–H and O–H groups in total. The molecule has 0 spiro atoms. The average molecular weight is 263 g/mol. The Hall–Kier alpha value is -1.06. The molecule has 3 nitrogen and oxygen atoms in total. The number of aryl methyl sites for hydroxylation is 1. The number of hydrogen-bond acceptors (Lipinski definition) is 3. The zero-order valence-electron chi connectivity index (χ0n) is 11.8. The van der Waals surface area contributed by atoms with Gasteiger partial charge in [0.1, 0.15) is 5.75 Å². The quantitative estimate of drug-likeness (QED) is 0.829. The minimum Gasteiger partial charge on any atom is -0.508 e. The van der Waals surface area contributed by atoms with Gasteiger partial charge in [0.2, 0.25) is 0 Å². The van der Waals surface area contributed by atoms with E-state index in [1.807, 2.05) is 12.1 Å². The number of hydrogen-bond donors (Lipinski definition) is 2. The summed E-state index contributed by atoms with van der Waals surface area (Å²) in [5.41, 5.74) is 1.28. The maximum Gasteiger partial charge on any atom is 0.115 e. The van der Waals surface area contributed by atoms with Crippen LogP contribution in [0.5, 0.6) is 5.75 Å². The fourth-order valence-corrected chi connectivity index (χ4v) is 2.48. The second-order valence-corrected chi connectivity index (χ2v) is 5.60. The lowest BCUT2D eigenvalue weighted by Crippen LogP contribution is -2.34. The standard InChI is InChI=1S/C16H25NO2/c1-13(17-11-15-3-2-10-19-12-15)4-5-14-6-8-16(18)9-7-14/h6-9,13,15,17-18H,2-5,10-12H2,1H3. The van der Waals surface area contributed by atoms with E-state index in [-0.39, 0.29) is 0 Å². The predicted octanol–water partition coefficient (Wildman–Crippen LogP) is 2.73. The van der Waals surface area contributed by atoms with Gasteiger partial charge in [-0.1, -0.05) is 12.1 Å². The van der Waals surface area contributed by atoms with Crippen LogP contribution in [-0.4, -0.2) is 30.9 Å². The van der Waals surface area contributed by atoms with Gasteiger partial charge in [-0.3, -0.25) is 0 Å². The number of aromatic hydroxyl groups is 1. The Morgan fingerprint density at radius 3 is 2.84 bits per heavy atom. The molecule has 1 fully saturated rings. The fourth-order valence-electron chi connectivity index (χ4n) is 2.48. The molecule has 1 aromatic carbocycles. The molecule has 0 bridgehead atoms. The third kappa shape index (κ3) is 5.21. The molecule has 0 aliphatic carbocycles. The molecule has 0 saturated carbocycles. The lowest BCUT2D eigenvalue weighted by atomic mass is 10.0. The molecular formula is C16H25NO2. The molecule has 0 aromatic heterocycles. The van der Waals surface area contributed by atoms with E-state index in [1.54, 1.807) is 12.1 Å². The summed E-state index contributed by atoms with van der Waals surface area (Å²) >= 11 is 0. The first kappa shape index (κ1) is 14.4. The minimum absolute atomic E-state index is 0.340. The normalized spacial score (nSPS) is 21.2. The first-order valence-electron chi connectivity index (χ1n) is 7.33. The largest absolute Gasteiger partial charge is 0.508 e. The van der Waals surface area contributed by atoms with E-state index in [4.69, 9.17) is 4.74 Å².